The van der Waals surface area contributed by atoms with E-state index in [0.717, 1.165) is 19.3 Å². The molecule has 1 unspecified atom stereocenters. The van der Waals surface area contributed by atoms with Crippen molar-refractivity contribution >= 4 is 17.6 Å². The first kappa shape index (κ1) is 11.7. The molecule has 1 aromatic rings. The van der Waals surface area contributed by atoms with Crippen molar-refractivity contribution in [3.05, 3.63) is 26.9 Å². The molecule has 1 atom stereocenters. The summed E-state index contributed by atoms with van der Waals surface area (Å²) in [5, 5.41) is 9.44. The third-order valence-electron chi connectivity index (χ3n) is 3.93. The summed E-state index contributed by atoms with van der Waals surface area (Å²) < 4.78 is 1.34. The van der Waals surface area contributed by atoms with Crippen LogP contribution in [0.1, 0.15) is 49.0 Å². The maximum Gasteiger partial charge on any atom is 0.326 e. The van der Waals surface area contributed by atoms with Crippen LogP contribution in [-0.4, -0.2) is 20.6 Å². The molecule has 1 N–H and O–H groups in total. The largest absolute Gasteiger partial charge is 0.480 e. The average Bonchev–Trinajstić information content (AvgIpc) is 2.68. The summed E-state index contributed by atoms with van der Waals surface area (Å²) in [6.45, 7) is 0. The van der Waals surface area contributed by atoms with Crippen molar-refractivity contribution < 1.29 is 9.90 Å². The van der Waals surface area contributed by atoms with E-state index >= 15 is 0 Å². The Morgan fingerprint density at radius 3 is 2.67 bits per heavy atom. The van der Waals surface area contributed by atoms with Crippen LogP contribution in [0.25, 0.3) is 0 Å². The van der Waals surface area contributed by atoms with E-state index in [1.165, 1.54) is 4.57 Å². The average molecular weight is 269 g/mol. The molecule has 1 aliphatic heterocycles. The standard InChI is InChI=1S/C12H13ClN2O3/c13-10-7-4-5-8(12(17)18)15(7)11(16)9(14-10)6-2-1-3-6/h6,8H,1-5H2,(H,17,18). The lowest BCUT2D eigenvalue weighted by Gasteiger charge is -2.25. The van der Waals surface area contributed by atoms with Crippen molar-refractivity contribution in [3.63, 3.8) is 0 Å². The molecule has 96 valence electrons. The lowest BCUT2D eigenvalue weighted by Crippen LogP contribution is -2.33. The molecule has 3 rings (SSSR count). The Bertz CT molecular complexity index is 577. The first-order valence-electron chi connectivity index (χ1n) is 6.13. The molecule has 1 aromatic heterocycles. The van der Waals surface area contributed by atoms with Gasteiger partial charge in [-0.2, -0.15) is 0 Å². The molecule has 0 radical (unpaired) electrons. The van der Waals surface area contributed by atoms with Gasteiger partial charge >= 0.3 is 5.97 Å². The molecular formula is C12H13ClN2O3. The molecule has 1 fully saturated rings. The van der Waals surface area contributed by atoms with Gasteiger partial charge < -0.3 is 5.11 Å². The molecule has 0 saturated heterocycles. The summed E-state index contributed by atoms with van der Waals surface area (Å²) in [5.41, 5.74) is 0.754. The molecule has 1 aliphatic carbocycles. The van der Waals surface area contributed by atoms with Gasteiger partial charge in [-0.05, 0) is 25.7 Å². The Morgan fingerprint density at radius 1 is 1.39 bits per heavy atom. The van der Waals surface area contributed by atoms with Gasteiger partial charge in [0, 0.05) is 5.92 Å². The van der Waals surface area contributed by atoms with Crippen molar-refractivity contribution in [2.45, 2.75) is 44.1 Å². The maximum absolute atomic E-state index is 12.3. The van der Waals surface area contributed by atoms with Crippen LogP contribution in [0.3, 0.4) is 0 Å². The smallest absolute Gasteiger partial charge is 0.326 e. The highest BCUT2D eigenvalue weighted by Crippen LogP contribution is 2.36. The predicted octanol–water partition coefficient (Wildman–Crippen LogP) is 1.74. The van der Waals surface area contributed by atoms with Crippen LogP contribution in [0.15, 0.2) is 4.79 Å². The third kappa shape index (κ3) is 1.57. The third-order valence-corrected chi connectivity index (χ3v) is 4.23. The van der Waals surface area contributed by atoms with E-state index in [4.69, 9.17) is 16.7 Å². The second kappa shape index (κ2) is 4.09. The van der Waals surface area contributed by atoms with Crippen LogP contribution in [0.2, 0.25) is 5.15 Å². The van der Waals surface area contributed by atoms with Gasteiger partial charge in [-0.25, -0.2) is 9.78 Å². The first-order chi connectivity index (χ1) is 8.59. The number of fused-ring (bicyclic) bond motifs is 1. The summed E-state index contributed by atoms with van der Waals surface area (Å²) in [4.78, 5) is 27.7. The van der Waals surface area contributed by atoms with E-state index in [-0.39, 0.29) is 11.5 Å². The van der Waals surface area contributed by atoms with E-state index in [2.05, 4.69) is 4.98 Å². The van der Waals surface area contributed by atoms with Gasteiger partial charge in [0.2, 0.25) is 0 Å². The fourth-order valence-corrected chi connectivity index (χ4v) is 2.98. The Balaban J connectivity index is 2.17. The molecule has 18 heavy (non-hydrogen) atoms. The first-order valence-corrected chi connectivity index (χ1v) is 6.51. The van der Waals surface area contributed by atoms with Crippen molar-refractivity contribution in [1.82, 2.24) is 9.55 Å². The lowest BCUT2D eigenvalue weighted by atomic mass is 9.83. The summed E-state index contributed by atoms with van der Waals surface area (Å²) >= 11 is 6.08. The zero-order valence-corrected chi connectivity index (χ0v) is 10.5. The van der Waals surface area contributed by atoms with Gasteiger partial charge in [-0.1, -0.05) is 18.0 Å². The van der Waals surface area contributed by atoms with E-state index in [9.17, 15) is 9.59 Å². The van der Waals surface area contributed by atoms with Crippen molar-refractivity contribution in [3.8, 4) is 0 Å². The monoisotopic (exact) mass is 268 g/mol. The van der Waals surface area contributed by atoms with Crippen LogP contribution in [-0.2, 0) is 11.2 Å². The van der Waals surface area contributed by atoms with E-state index in [0.29, 0.717) is 29.4 Å². The Labute approximate surface area is 108 Å². The number of hydrogen-bond donors (Lipinski definition) is 1. The number of nitrogens with zero attached hydrogens (tertiary/aromatic N) is 2. The van der Waals surface area contributed by atoms with E-state index in [1.54, 1.807) is 0 Å². The molecule has 0 bridgehead atoms. The molecule has 2 aliphatic rings. The van der Waals surface area contributed by atoms with Gasteiger partial charge in [0.15, 0.2) is 0 Å². The van der Waals surface area contributed by atoms with Gasteiger partial charge in [0.25, 0.3) is 5.56 Å². The van der Waals surface area contributed by atoms with Crippen LogP contribution in [0.4, 0.5) is 0 Å². The maximum atomic E-state index is 12.3. The minimum Gasteiger partial charge on any atom is -0.480 e. The minimum atomic E-state index is -0.974. The predicted molar refractivity (Wildman–Crippen MR) is 65.1 cm³/mol. The highest BCUT2D eigenvalue weighted by molar-refractivity contribution is 6.30. The molecule has 0 amide bonds. The Kier molecular flexibility index (Phi) is 2.66. The topological polar surface area (TPSA) is 72.2 Å². The molecular weight excluding hydrogens is 256 g/mol. The second-order valence-corrected chi connectivity index (χ2v) is 5.29. The van der Waals surface area contributed by atoms with Crippen molar-refractivity contribution in [2.24, 2.45) is 0 Å². The van der Waals surface area contributed by atoms with Crippen molar-refractivity contribution in [2.75, 3.05) is 0 Å². The number of carboxylic acid groups (broad SMARTS) is 1. The zero-order valence-electron chi connectivity index (χ0n) is 9.73. The highest BCUT2D eigenvalue weighted by atomic mass is 35.5. The number of aromatic nitrogens is 2. The van der Waals surface area contributed by atoms with E-state index < -0.39 is 12.0 Å². The molecule has 6 heteroatoms. The number of aliphatic carboxylic acids is 1. The lowest BCUT2D eigenvalue weighted by molar-refractivity contribution is -0.140. The fourth-order valence-electron chi connectivity index (χ4n) is 2.70. The summed E-state index contributed by atoms with van der Waals surface area (Å²) in [6, 6.07) is -0.785. The molecule has 0 aromatic carbocycles. The Hall–Kier alpha value is -1.36. The van der Waals surface area contributed by atoms with Crippen LogP contribution in [0.5, 0.6) is 0 Å². The molecule has 0 spiro atoms. The quantitative estimate of drug-likeness (QED) is 0.887. The van der Waals surface area contributed by atoms with Crippen molar-refractivity contribution in [1.29, 1.82) is 0 Å². The van der Waals surface area contributed by atoms with Crippen LogP contribution >= 0.6 is 11.6 Å². The van der Waals surface area contributed by atoms with Crippen LogP contribution < -0.4 is 5.56 Å². The number of rotatable bonds is 2. The molecule has 5 nitrogen and oxygen atoms in total. The van der Waals surface area contributed by atoms with E-state index in [1.807, 2.05) is 0 Å². The summed E-state index contributed by atoms with van der Waals surface area (Å²) in [7, 11) is 0. The number of halogens is 1. The van der Waals surface area contributed by atoms with Gasteiger partial charge in [-0.3, -0.25) is 9.36 Å². The van der Waals surface area contributed by atoms with Gasteiger partial charge in [0.1, 0.15) is 16.9 Å². The molecule has 1 saturated carbocycles. The number of hydrogen-bond acceptors (Lipinski definition) is 3. The minimum absolute atomic E-state index is 0.155. The number of carbonyl (C=O) groups is 1. The number of carboxylic acids is 1. The molecule has 2 heterocycles. The second-order valence-electron chi connectivity index (χ2n) is 4.93. The summed E-state index contributed by atoms with van der Waals surface area (Å²) in [5.74, 6) is -0.819. The van der Waals surface area contributed by atoms with Gasteiger partial charge in [-0.15, -0.1) is 0 Å². The van der Waals surface area contributed by atoms with Gasteiger partial charge in [0.05, 0.1) is 5.69 Å². The SMILES string of the molecule is O=C(O)C1CCc2c(Cl)nc(C3CCC3)c(=O)n21. The summed E-state index contributed by atoms with van der Waals surface area (Å²) in [6.07, 6.45) is 3.89. The van der Waals surface area contributed by atoms with Crippen LogP contribution in [0, 0.1) is 0 Å². The Morgan fingerprint density at radius 2 is 2.11 bits per heavy atom. The zero-order chi connectivity index (χ0) is 12.9. The normalized spacial score (nSPS) is 22.6. The highest BCUT2D eigenvalue weighted by Gasteiger charge is 2.34. The fraction of sp³-hybridized carbons (Fsp3) is 0.583.